The van der Waals surface area contributed by atoms with Gasteiger partial charge in [0.2, 0.25) is 0 Å². The van der Waals surface area contributed by atoms with Crippen molar-refractivity contribution >= 4 is 0 Å². The molecule has 1 unspecified atom stereocenters. The third kappa shape index (κ3) is 2.71. The van der Waals surface area contributed by atoms with Gasteiger partial charge in [0.15, 0.2) is 0 Å². The topological polar surface area (TPSA) is 21.3 Å². The summed E-state index contributed by atoms with van der Waals surface area (Å²) >= 11 is 0. The highest BCUT2D eigenvalue weighted by molar-refractivity contribution is 4.93. The highest BCUT2D eigenvalue weighted by Crippen LogP contribution is 2.47. The van der Waals surface area contributed by atoms with Gasteiger partial charge in [0, 0.05) is 19.7 Å². The fraction of sp³-hybridized carbons (Fsp3) is 1.00. The van der Waals surface area contributed by atoms with Gasteiger partial charge in [-0.3, -0.25) is 0 Å². The number of nitrogens with one attached hydrogen (secondary N) is 1. The Morgan fingerprint density at radius 2 is 2.29 bits per heavy atom. The summed E-state index contributed by atoms with van der Waals surface area (Å²) in [5, 5.41) is 3.63. The van der Waals surface area contributed by atoms with Crippen LogP contribution in [0.3, 0.4) is 0 Å². The van der Waals surface area contributed by atoms with Crippen molar-refractivity contribution < 1.29 is 4.74 Å². The molecule has 1 aliphatic heterocycles. The zero-order valence-electron chi connectivity index (χ0n) is 9.35. The Hall–Kier alpha value is -0.0800. The first-order valence-corrected chi connectivity index (χ1v) is 6.13. The van der Waals surface area contributed by atoms with Crippen LogP contribution in [0.15, 0.2) is 0 Å². The van der Waals surface area contributed by atoms with Gasteiger partial charge < -0.3 is 10.1 Å². The molecule has 1 saturated heterocycles. The Morgan fingerprint density at radius 3 is 2.86 bits per heavy atom. The summed E-state index contributed by atoms with van der Waals surface area (Å²) < 4.78 is 5.47. The van der Waals surface area contributed by atoms with Crippen LogP contribution in [0, 0.1) is 11.3 Å². The third-order valence-corrected chi connectivity index (χ3v) is 3.89. The summed E-state index contributed by atoms with van der Waals surface area (Å²) in [4.78, 5) is 0. The molecule has 82 valence electrons. The molecule has 0 spiro atoms. The van der Waals surface area contributed by atoms with Crippen molar-refractivity contribution in [2.45, 2.75) is 39.0 Å². The molecule has 2 heteroatoms. The molecule has 14 heavy (non-hydrogen) atoms. The van der Waals surface area contributed by atoms with Crippen molar-refractivity contribution in [3.8, 4) is 0 Å². The Kier molecular flexibility index (Phi) is 3.45. The molecule has 1 atom stereocenters. The van der Waals surface area contributed by atoms with E-state index in [-0.39, 0.29) is 0 Å². The molecule has 0 amide bonds. The Labute approximate surface area is 87.4 Å². The van der Waals surface area contributed by atoms with E-state index in [2.05, 4.69) is 12.2 Å². The molecule has 1 aliphatic carbocycles. The molecular weight excluding hydrogens is 174 g/mol. The van der Waals surface area contributed by atoms with Gasteiger partial charge in [-0.15, -0.1) is 0 Å². The second-order valence-electron chi connectivity index (χ2n) is 5.07. The highest BCUT2D eigenvalue weighted by atomic mass is 16.5. The molecular formula is C12H23NO. The van der Waals surface area contributed by atoms with Crippen LogP contribution in [-0.2, 0) is 4.74 Å². The van der Waals surface area contributed by atoms with Crippen LogP contribution in [0.5, 0.6) is 0 Å². The Morgan fingerprint density at radius 1 is 1.43 bits per heavy atom. The molecule has 2 fully saturated rings. The number of hydrogen-bond donors (Lipinski definition) is 1. The van der Waals surface area contributed by atoms with Crippen LogP contribution in [0.2, 0.25) is 0 Å². The molecule has 1 heterocycles. The molecule has 0 aromatic rings. The van der Waals surface area contributed by atoms with E-state index in [0.717, 1.165) is 19.1 Å². The summed E-state index contributed by atoms with van der Waals surface area (Å²) in [6.45, 7) is 6.68. The largest absolute Gasteiger partial charge is 0.381 e. The maximum Gasteiger partial charge on any atom is 0.0506 e. The average molecular weight is 197 g/mol. The third-order valence-electron chi connectivity index (χ3n) is 3.89. The van der Waals surface area contributed by atoms with E-state index in [9.17, 15) is 0 Å². The zero-order chi connectivity index (χ0) is 9.86. The van der Waals surface area contributed by atoms with Crippen molar-refractivity contribution in [3.63, 3.8) is 0 Å². The van der Waals surface area contributed by atoms with E-state index in [1.165, 1.54) is 45.2 Å². The van der Waals surface area contributed by atoms with E-state index < -0.39 is 0 Å². The predicted octanol–water partition coefficient (Wildman–Crippen LogP) is 2.19. The lowest BCUT2D eigenvalue weighted by Crippen LogP contribution is -2.32. The minimum absolute atomic E-state index is 0.690. The first-order chi connectivity index (χ1) is 6.85. The number of hydrogen-bond acceptors (Lipinski definition) is 2. The fourth-order valence-corrected chi connectivity index (χ4v) is 2.34. The maximum atomic E-state index is 5.47. The molecule has 1 N–H and O–H groups in total. The second-order valence-corrected chi connectivity index (χ2v) is 5.07. The lowest BCUT2D eigenvalue weighted by atomic mass is 10.0. The van der Waals surface area contributed by atoms with E-state index in [4.69, 9.17) is 4.74 Å². The minimum Gasteiger partial charge on any atom is -0.381 e. The Balaban J connectivity index is 1.58. The number of ether oxygens (including phenoxy) is 1. The number of rotatable bonds is 5. The van der Waals surface area contributed by atoms with Gasteiger partial charge in [-0.05, 0) is 43.4 Å². The minimum atomic E-state index is 0.690. The first kappa shape index (κ1) is 10.4. The summed E-state index contributed by atoms with van der Waals surface area (Å²) in [5.41, 5.74) is 0.690. The van der Waals surface area contributed by atoms with Crippen molar-refractivity contribution in [1.82, 2.24) is 5.32 Å². The molecule has 0 radical (unpaired) electrons. The van der Waals surface area contributed by atoms with E-state index in [1.54, 1.807) is 0 Å². The zero-order valence-corrected chi connectivity index (χ0v) is 9.35. The van der Waals surface area contributed by atoms with Crippen LogP contribution in [0.1, 0.15) is 39.0 Å². The standard InChI is InChI=1S/C12H23NO/c1-2-12(5-6-12)10-13-8-11-4-3-7-14-9-11/h11,13H,2-10H2,1H3. The van der Waals surface area contributed by atoms with Gasteiger partial charge in [0.25, 0.3) is 0 Å². The van der Waals surface area contributed by atoms with Crippen molar-refractivity contribution in [2.24, 2.45) is 11.3 Å². The maximum absolute atomic E-state index is 5.47. The molecule has 2 nitrogen and oxygen atoms in total. The molecule has 0 aromatic heterocycles. The first-order valence-electron chi connectivity index (χ1n) is 6.13. The van der Waals surface area contributed by atoms with Crippen molar-refractivity contribution in [3.05, 3.63) is 0 Å². The van der Waals surface area contributed by atoms with Crippen LogP contribution in [0.4, 0.5) is 0 Å². The highest BCUT2D eigenvalue weighted by Gasteiger charge is 2.39. The summed E-state index contributed by atoms with van der Waals surface area (Å²) in [5.74, 6) is 0.774. The van der Waals surface area contributed by atoms with Crippen molar-refractivity contribution in [1.29, 1.82) is 0 Å². The Bertz CT molecular complexity index is 171. The molecule has 0 aromatic carbocycles. The molecule has 0 bridgehead atoms. The normalized spacial score (nSPS) is 30.2. The van der Waals surface area contributed by atoms with Crippen molar-refractivity contribution in [2.75, 3.05) is 26.3 Å². The fourth-order valence-electron chi connectivity index (χ4n) is 2.34. The predicted molar refractivity (Wildman–Crippen MR) is 58.4 cm³/mol. The van der Waals surface area contributed by atoms with Gasteiger partial charge in [0.05, 0.1) is 6.61 Å². The lowest BCUT2D eigenvalue weighted by molar-refractivity contribution is 0.0544. The molecule has 2 rings (SSSR count). The van der Waals surface area contributed by atoms with Crippen LogP contribution in [-0.4, -0.2) is 26.3 Å². The second kappa shape index (κ2) is 4.63. The van der Waals surface area contributed by atoms with Gasteiger partial charge >= 0.3 is 0 Å². The van der Waals surface area contributed by atoms with Crippen LogP contribution in [0.25, 0.3) is 0 Å². The van der Waals surface area contributed by atoms with E-state index in [1.807, 2.05) is 0 Å². The molecule has 1 saturated carbocycles. The van der Waals surface area contributed by atoms with Crippen LogP contribution < -0.4 is 5.32 Å². The van der Waals surface area contributed by atoms with Gasteiger partial charge in [-0.25, -0.2) is 0 Å². The van der Waals surface area contributed by atoms with E-state index >= 15 is 0 Å². The summed E-state index contributed by atoms with van der Waals surface area (Å²) in [7, 11) is 0. The smallest absolute Gasteiger partial charge is 0.0506 e. The van der Waals surface area contributed by atoms with Crippen LogP contribution >= 0.6 is 0 Å². The van der Waals surface area contributed by atoms with E-state index in [0.29, 0.717) is 5.41 Å². The van der Waals surface area contributed by atoms with Gasteiger partial charge in [-0.1, -0.05) is 6.92 Å². The summed E-state index contributed by atoms with van der Waals surface area (Å²) in [6, 6.07) is 0. The lowest BCUT2D eigenvalue weighted by Gasteiger charge is -2.23. The SMILES string of the molecule is CCC1(CNCC2CCCOC2)CC1. The van der Waals surface area contributed by atoms with Gasteiger partial charge in [-0.2, -0.15) is 0 Å². The summed E-state index contributed by atoms with van der Waals surface area (Å²) in [6.07, 6.45) is 6.84. The average Bonchev–Trinajstić information content (AvgIpc) is 3.00. The quantitative estimate of drug-likeness (QED) is 0.729. The van der Waals surface area contributed by atoms with Gasteiger partial charge in [0.1, 0.15) is 0 Å². The molecule has 2 aliphatic rings. The monoisotopic (exact) mass is 197 g/mol.